The summed E-state index contributed by atoms with van der Waals surface area (Å²) in [5.74, 6) is 2.37. The molecule has 0 aromatic heterocycles. The standard InChI is InChI=1S/C22H24N2O2/c23-11-15-5-4-14-10-17-16-6-7-18(25)21-22(16,19(14)20(15)26-21)8-9-24(17)12-13-2-1-3-13/h4-5,13,16-17,21H,1-3,6-10,12H2/t16-,17+,21-,22?/m0/s1. The van der Waals surface area contributed by atoms with Gasteiger partial charge in [-0.3, -0.25) is 9.69 Å². The fraction of sp³-hybridized carbons (Fsp3) is 0.636. The summed E-state index contributed by atoms with van der Waals surface area (Å²) in [6.45, 7) is 2.30. The Balaban J connectivity index is 1.50. The van der Waals surface area contributed by atoms with Crippen molar-refractivity contribution in [3.05, 3.63) is 28.8 Å². The summed E-state index contributed by atoms with van der Waals surface area (Å²) in [6.07, 6.45) is 7.49. The van der Waals surface area contributed by atoms with Gasteiger partial charge in [0.05, 0.1) is 5.56 Å². The minimum atomic E-state index is -0.349. The Morgan fingerprint density at radius 1 is 1.31 bits per heavy atom. The molecule has 4 heteroatoms. The number of Topliss-reactive ketones (excluding diaryl/α,β-unsaturated/α-hetero) is 1. The molecule has 1 aromatic rings. The summed E-state index contributed by atoms with van der Waals surface area (Å²) >= 11 is 0. The third-order valence-electron chi connectivity index (χ3n) is 8.08. The third-order valence-corrected chi connectivity index (χ3v) is 8.08. The molecule has 4 atom stereocenters. The SMILES string of the molecule is N#Cc1ccc2c3c1O[C@H]1C(=O)CC[C@H]4[C@@H](C2)N(CC2CCC2)CCC314. The lowest BCUT2D eigenvalue weighted by atomic mass is 9.51. The van der Waals surface area contributed by atoms with E-state index in [1.807, 2.05) is 6.07 Å². The number of rotatable bonds is 2. The molecule has 1 aromatic carbocycles. The predicted octanol–water partition coefficient (Wildman–Crippen LogP) is 2.97. The van der Waals surface area contributed by atoms with Crippen LogP contribution in [0, 0.1) is 23.2 Å². The van der Waals surface area contributed by atoms with Crippen molar-refractivity contribution in [1.82, 2.24) is 4.90 Å². The van der Waals surface area contributed by atoms with Gasteiger partial charge in [-0.1, -0.05) is 12.5 Å². The molecule has 26 heavy (non-hydrogen) atoms. The van der Waals surface area contributed by atoms with Crippen LogP contribution in [0.5, 0.6) is 5.75 Å². The van der Waals surface area contributed by atoms with Gasteiger partial charge in [-0.2, -0.15) is 5.26 Å². The van der Waals surface area contributed by atoms with Crippen molar-refractivity contribution in [3.8, 4) is 11.8 Å². The number of ketones is 1. The summed E-state index contributed by atoms with van der Waals surface area (Å²) < 4.78 is 6.27. The molecular weight excluding hydrogens is 324 g/mol. The van der Waals surface area contributed by atoms with E-state index in [0.717, 1.165) is 37.5 Å². The minimum absolute atomic E-state index is 0.161. The Labute approximate surface area is 154 Å². The van der Waals surface area contributed by atoms with Crippen molar-refractivity contribution in [2.45, 2.75) is 62.5 Å². The molecular formula is C22H24N2O2. The Hall–Kier alpha value is -1.86. The highest BCUT2D eigenvalue weighted by molar-refractivity contribution is 5.89. The molecule has 0 amide bonds. The highest BCUT2D eigenvalue weighted by atomic mass is 16.5. The molecule has 1 spiro atoms. The molecule has 2 bridgehead atoms. The van der Waals surface area contributed by atoms with E-state index >= 15 is 0 Å². The summed E-state index contributed by atoms with van der Waals surface area (Å²) in [7, 11) is 0. The molecule has 5 aliphatic rings. The largest absolute Gasteiger partial charge is 0.480 e. The number of likely N-dealkylation sites (tertiary alicyclic amines) is 1. The monoisotopic (exact) mass is 348 g/mol. The molecule has 2 aliphatic heterocycles. The van der Waals surface area contributed by atoms with Gasteiger partial charge in [0.25, 0.3) is 0 Å². The average Bonchev–Trinajstić information content (AvgIpc) is 2.96. The number of carbonyl (C=O) groups excluding carboxylic acids is 1. The third kappa shape index (κ3) is 1.71. The van der Waals surface area contributed by atoms with Crippen LogP contribution in [-0.4, -0.2) is 35.9 Å². The van der Waals surface area contributed by atoms with Gasteiger partial charge in [0.2, 0.25) is 0 Å². The lowest BCUT2D eigenvalue weighted by Crippen LogP contribution is -2.66. The van der Waals surface area contributed by atoms with E-state index < -0.39 is 0 Å². The van der Waals surface area contributed by atoms with Crippen molar-refractivity contribution < 1.29 is 9.53 Å². The maximum Gasteiger partial charge on any atom is 0.174 e. The number of ether oxygens (including phenoxy) is 1. The second-order valence-corrected chi connectivity index (χ2v) is 9.05. The van der Waals surface area contributed by atoms with Crippen molar-refractivity contribution in [3.63, 3.8) is 0 Å². The first-order valence-electron chi connectivity index (χ1n) is 10.2. The summed E-state index contributed by atoms with van der Waals surface area (Å²) in [5, 5.41) is 9.55. The smallest absolute Gasteiger partial charge is 0.174 e. The lowest BCUT2D eigenvalue weighted by Gasteiger charge is -2.58. The van der Waals surface area contributed by atoms with Crippen LogP contribution in [0.15, 0.2) is 12.1 Å². The first-order chi connectivity index (χ1) is 12.7. The van der Waals surface area contributed by atoms with E-state index in [1.54, 1.807) is 0 Å². The van der Waals surface area contributed by atoms with Crippen molar-refractivity contribution in [2.75, 3.05) is 13.1 Å². The van der Waals surface area contributed by atoms with Crippen LogP contribution in [0.2, 0.25) is 0 Å². The van der Waals surface area contributed by atoms with Crippen LogP contribution in [0.3, 0.4) is 0 Å². The molecule has 0 N–H and O–H groups in total. The van der Waals surface area contributed by atoms with Gasteiger partial charge < -0.3 is 4.74 Å². The van der Waals surface area contributed by atoms with E-state index in [9.17, 15) is 10.1 Å². The fourth-order valence-corrected chi connectivity index (χ4v) is 6.74. The zero-order chi connectivity index (χ0) is 17.5. The van der Waals surface area contributed by atoms with Crippen molar-refractivity contribution in [1.29, 1.82) is 5.26 Å². The molecule has 2 heterocycles. The van der Waals surface area contributed by atoms with Gasteiger partial charge in [-0.05, 0) is 62.1 Å². The van der Waals surface area contributed by atoms with Crippen LogP contribution in [0.1, 0.15) is 55.2 Å². The first kappa shape index (κ1) is 15.2. The Morgan fingerprint density at radius 3 is 2.96 bits per heavy atom. The number of carbonyl (C=O) groups is 1. The van der Waals surface area contributed by atoms with Crippen LogP contribution in [0.4, 0.5) is 0 Å². The van der Waals surface area contributed by atoms with Crippen LogP contribution < -0.4 is 4.74 Å². The van der Waals surface area contributed by atoms with Crippen molar-refractivity contribution in [2.24, 2.45) is 11.8 Å². The summed E-state index contributed by atoms with van der Waals surface area (Å²) in [4.78, 5) is 15.6. The average molecular weight is 348 g/mol. The fourth-order valence-electron chi connectivity index (χ4n) is 6.74. The quantitative estimate of drug-likeness (QED) is 0.824. The van der Waals surface area contributed by atoms with E-state index in [2.05, 4.69) is 17.0 Å². The van der Waals surface area contributed by atoms with E-state index in [0.29, 0.717) is 23.9 Å². The van der Waals surface area contributed by atoms with Gasteiger partial charge in [-0.25, -0.2) is 0 Å². The van der Waals surface area contributed by atoms with E-state index in [4.69, 9.17) is 4.74 Å². The summed E-state index contributed by atoms with van der Waals surface area (Å²) in [5.41, 5.74) is 3.01. The van der Waals surface area contributed by atoms with Gasteiger partial charge in [0.15, 0.2) is 11.9 Å². The number of hydrogen-bond donors (Lipinski definition) is 0. The van der Waals surface area contributed by atoms with E-state index in [1.165, 1.54) is 36.9 Å². The molecule has 3 aliphatic carbocycles. The molecule has 4 nitrogen and oxygen atoms in total. The molecule has 3 fully saturated rings. The molecule has 1 unspecified atom stereocenters. The van der Waals surface area contributed by atoms with Gasteiger partial charge in [-0.15, -0.1) is 0 Å². The maximum absolute atomic E-state index is 12.8. The predicted molar refractivity (Wildman–Crippen MR) is 96.0 cm³/mol. The number of nitrogens with zero attached hydrogens (tertiary/aromatic N) is 2. The number of hydrogen-bond acceptors (Lipinski definition) is 4. The molecule has 6 rings (SSSR count). The maximum atomic E-state index is 12.8. The Bertz CT molecular complexity index is 852. The zero-order valence-electron chi connectivity index (χ0n) is 15.0. The van der Waals surface area contributed by atoms with Gasteiger partial charge in [0, 0.05) is 30.0 Å². The van der Waals surface area contributed by atoms with Crippen LogP contribution in [-0.2, 0) is 16.6 Å². The lowest BCUT2D eigenvalue weighted by molar-refractivity contribution is -0.139. The first-order valence-corrected chi connectivity index (χ1v) is 10.2. The highest BCUT2D eigenvalue weighted by Gasteiger charge is 2.65. The number of benzene rings is 1. The zero-order valence-corrected chi connectivity index (χ0v) is 15.0. The molecule has 134 valence electrons. The van der Waals surface area contributed by atoms with Crippen LogP contribution >= 0.6 is 0 Å². The number of piperidine rings is 1. The minimum Gasteiger partial charge on any atom is -0.480 e. The highest BCUT2D eigenvalue weighted by Crippen LogP contribution is 2.62. The topological polar surface area (TPSA) is 53.3 Å². The van der Waals surface area contributed by atoms with Gasteiger partial charge >= 0.3 is 0 Å². The second-order valence-electron chi connectivity index (χ2n) is 9.05. The molecule has 2 saturated carbocycles. The normalized spacial score (nSPS) is 37.5. The number of nitriles is 1. The van der Waals surface area contributed by atoms with Crippen LogP contribution in [0.25, 0.3) is 0 Å². The Kier molecular flexibility index (Phi) is 2.99. The van der Waals surface area contributed by atoms with Gasteiger partial charge in [0.1, 0.15) is 11.8 Å². The Morgan fingerprint density at radius 2 is 2.19 bits per heavy atom. The molecule has 1 saturated heterocycles. The van der Waals surface area contributed by atoms with E-state index in [-0.39, 0.29) is 17.3 Å². The summed E-state index contributed by atoms with van der Waals surface area (Å²) in [6, 6.07) is 6.87. The second kappa shape index (κ2) is 5.10. The molecule has 0 radical (unpaired) electrons. The van der Waals surface area contributed by atoms with Crippen molar-refractivity contribution >= 4 is 5.78 Å².